The van der Waals surface area contributed by atoms with Gasteiger partial charge in [-0.1, -0.05) is 109 Å². The van der Waals surface area contributed by atoms with Crippen molar-refractivity contribution in [3.8, 4) is 33.6 Å². The van der Waals surface area contributed by atoms with E-state index in [1.807, 2.05) is 0 Å². The highest BCUT2D eigenvalue weighted by atomic mass is 16.3. The Kier molecular flexibility index (Phi) is 5.57. The third kappa shape index (κ3) is 3.93. The average molecular weight is 601 g/mol. The Bertz CT molecular complexity index is 2760. The maximum atomic E-state index is 6.61. The van der Waals surface area contributed by atoms with Crippen molar-refractivity contribution in [2.24, 2.45) is 0 Å². The first-order valence-corrected chi connectivity index (χ1v) is 16.0. The van der Waals surface area contributed by atoms with Gasteiger partial charge in [-0.05, 0) is 82.9 Å². The van der Waals surface area contributed by atoms with E-state index in [0.717, 1.165) is 49.8 Å². The lowest BCUT2D eigenvalue weighted by molar-refractivity contribution is 0.673. The number of aromatic nitrogens is 2. The molecule has 0 N–H and O–H groups in total. The van der Waals surface area contributed by atoms with Gasteiger partial charge in [0.15, 0.2) is 5.58 Å². The van der Waals surface area contributed by atoms with Crippen LogP contribution in [0, 0.1) is 0 Å². The molecule has 220 valence electrons. The minimum atomic E-state index is 0.895. The maximum absolute atomic E-state index is 6.61. The van der Waals surface area contributed by atoms with Crippen molar-refractivity contribution in [1.82, 2.24) is 9.13 Å². The molecule has 0 amide bonds. The van der Waals surface area contributed by atoms with Gasteiger partial charge in [0.05, 0.1) is 16.6 Å². The zero-order valence-corrected chi connectivity index (χ0v) is 25.5. The number of furan rings is 1. The highest BCUT2D eigenvalue weighted by Crippen LogP contribution is 2.40. The third-order valence-corrected chi connectivity index (χ3v) is 9.53. The van der Waals surface area contributed by atoms with Gasteiger partial charge in [-0.25, -0.2) is 0 Å². The molecule has 47 heavy (non-hydrogen) atoms. The molecule has 0 aliphatic heterocycles. The Labute approximate surface area is 271 Å². The summed E-state index contributed by atoms with van der Waals surface area (Å²) < 4.78 is 11.3. The Morgan fingerprint density at radius 1 is 0.340 bits per heavy atom. The molecule has 3 nitrogen and oxygen atoms in total. The molecule has 0 aliphatic rings. The Hall–Kier alpha value is -6.32. The van der Waals surface area contributed by atoms with E-state index in [9.17, 15) is 0 Å². The molecular formula is C44H28N2O. The van der Waals surface area contributed by atoms with Crippen LogP contribution in [0.1, 0.15) is 0 Å². The van der Waals surface area contributed by atoms with Crippen LogP contribution in [-0.4, -0.2) is 9.13 Å². The van der Waals surface area contributed by atoms with Crippen LogP contribution in [0.5, 0.6) is 0 Å². The van der Waals surface area contributed by atoms with Gasteiger partial charge in [0.1, 0.15) is 11.1 Å². The van der Waals surface area contributed by atoms with E-state index in [2.05, 4.69) is 179 Å². The molecule has 0 spiro atoms. The van der Waals surface area contributed by atoms with E-state index in [-0.39, 0.29) is 0 Å². The summed E-state index contributed by atoms with van der Waals surface area (Å²) in [5.41, 5.74) is 13.5. The fraction of sp³-hybridized carbons (Fsp3) is 0. The summed E-state index contributed by atoms with van der Waals surface area (Å²) in [6.07, 6.45) is 0. The zero-order valence-electron chi connectivity index (χ0n) is 25.5. The molecule has 0 aliphatic carbocycles. The topological polar surface area (TPSA) is 23.0 Å². The molecule has 3 heterocycles. The second-order valence-corrected chi connectivity index (χ2v) is 12.2. The van der Waals surface area contributed by atoms with Crippen LogP contribution in [0.2, 0.25) is 0 Å². The number of para-hydroxylation sites is 4. The van der Waals surface area contributed by atoms with Crippen molar-refractivity contribution in [2.45, 2.75) is 0 Å². The van der Waals surface area contributed by atoms with Crippen LogP contribution < -0.4 is 0 Å². The summed E-state index contributed by atoms with van der Waals surface area (Å²) in [6, 6.07) is 60.6. The van der Waals surface area contributed by atoms with Crippen molar-refractivity contribution < 1.29 is 4.42 Å². The first kappa shape index (κ1) is 26.0. The average Bonchev–Trinajstić information content (AvgIpc) is 3.79. The molecule has 10 rings (SSSR count). The molecule has 0 atom stereocenters. The van der Waals surface area contributed by atoms with Crippen molar-refractivity contribution in [3.63, 3.8) is 0 Å². The lowest BCUT2D eigenvalue weighted by Crippen LogP contribution is -1.93. The zero-order chi connectivity index (χ0) is 30.9. The minimum absolute atomic E-state index is 0.895. The molecule has 0 saturated carbocycles. The van der Waals surface area contributed by atoms with E-state index in [4.69, 9.17) is 4.42 Å². The number of hydrogen-bond acceptors (Lipinski definition) is 1. The highest BCUT2D eigenvalue weighted by Gasteiger charge is 2.19. The number of fused-ring (bicyclic) bond motifs is 8. The fourth-order valence-corrected chi connectivity index (χ4v) is 7.35. The maximum Gasteiger partial charge on any atom is 0.161 e. The summed E-state index contributed by atoms with van der Waals surface area (Å²) in [7, 11) is 0. The number of nitrogens with zero attached hydrogens (tertiary/aromatic N) is 2. The molecule has 0 bridgehead atoms. The molecular weight excluding hydrogens is 572 g/mol. The van der Waals surface area contributed by atoms with E-state index in [0.29, 0.717) is 0 Å². The monoisotopic (exact) mass is 600 g/mol. The predicted octanol–water partition coefficient (Wildman–Crippen LogP) is 12.0. The molecule has 3 heteroatoms. The summed E-state index contributed by atoms with van der Waals surface area (Å²) in [5, 5.41) is 4.76. The normalized spacial score (nSPS) is 11.8. The quantitative estimate of drug-likeness (QED) is 0.197. The standard InChI is InChI=1S/C44H28N2O/c1-3-11-33(12-4-1)45-39-17-9-7-15-35(39)36-25-23-31(27-41(36)45)29-19-21-30(22-20-29)32-24-26-38-42(28-32)47-44-37-16-8-10-18-40(37)46(43(38)44)34-13-5-2-6-14-34/h1-28H. The highest BCUT2D eigenvalue weighted by molar-refractivity contribution is 6.17. The van der Waals surface area contributed by atoms with Gasteiger partial charge in [-0.15, -0.1) is 0 Å². The van der Waals surface area contributed by atoms with E-state index in [1.54, 1.807) is 0 Å². The third-order valence-electron chi connectivity index (χ3n) is 9.53. The van der Waals surface area contributed by atoms with Gasteiger partial charge < -0.3 is 13.6 Å². The molecule has 7 aromatic carbocycles. The van der Waals surface area contributed by atoms with Crippen LogP contribution in [0.3, 0.4) is 0 Å². The Morgan fingerprint density at radius 3 is 1.51 bits per heavy atom. The lowest BCUT2D eigenvalue weighted by Gasteiger charge is -2.09. The second-order valence-electron chi connectivity index (χ2n) is 12.2. The van der Waals surface area contributed by atoms with Crippen LogP contribution in [0.25, 0.3) is 88.4 Å². The predicted molar refractivity (Wildman–Crippen MR) is 196 cm³/mol. The van der Waals surface area contributed by atoms with Crippen LogP contribution in [0.4, 0.5) is 0 Å². The Morgan fingerprint density at radius 2 is 0.830 bits per heavy atom. The van der Waals surface area contributed by atoms with Crippen molar-refractivity contribution in [2.75, 3.05) is 0 Å². The number of benzene rings is 7. The smallest absolute Gasteiger partial charge is 0.161 e. The molecule has 3 aromatic heterocycles. The summed E-state index contributed by atoms with van der Waals surface area (Å²) in [6.45, 7) is 0. The number of hydrogen-bond donors (Lipinski definition) is 0. The van der Waals surface area contributed by atoms with E-state index in [1.165, 1.54) is 38.6 Å². The summed E-state index contributed by atoms with van der Waals surface area (Å²) >= 11 is 0. The first-order chi connectivity index (χ1) is 23.3. The largest absolute Gasteiger partial charge is 0.454 e. The van der Waals surface area contributed by atoms with Gasteiger partial charge in [0, 0.05) is 32.9 Å². The molecule has 0 unspecified atom stereocenters. The van der Waals surface area contributed by atoms with Gasteiger partial charge in [-0.2, -0.15) is 0 Å². The first-order valence-electron chi connectivity index (χ1n) is 16.0. The Balaban J connectivity index is 1.06. The van der Waals surface area contributed by atoms with E-state index < -0.39 is 0 Å². The van der Waals surface area contributed by atoms with Gasteiger partial charge in [0.2, 0.25) is 0 Å². The fourth-order valence-electron chi connectivity index (χ4n) is 7.35. The van der Waals surface area contributed by atoms with Crippen molar-refractivity contribution in [1.29, 1.82) is 0 Å². The van der Waals surface area contributed by atoms with Crippen molar-refractivity contribution >= 4 is 54.8 Å². The molecule has 0 saturated heterocycles. The van der Waals surface area contributed by atoms with Gasteiger partial charge >= 0.3 is 0 Å². The van der Waals surface area contributed by atoms with Crippen LogP contribution >= 0.6 is 0 Å². The van der Waals surface area contributed by atoms with Crippen LogP contribution in [0.15, 0.2) is 174 Å². The number of rotatable bonds is 4. The van der Waals surface area contributed by atoms with Gasteiger partial charge in [-0.3, -0.25) is 0 Å². The lowest BCUT2D eigenvalue weighted by atomic mass is 9.99. The summed E-state index contributed by atoms with van der Waals surface area (Å²) in [4.78, 5) is 0. The van der Waals surface area contributed by atoms with Crippen molar-refractivity contribution in [3.05, 3.63) is 170 Å². The summed E-state index contributed by atoms with van der Waals surface area (Å²) in [5.74, 6) is 0. The van der Waals surface area contributed by atoms with Gasteiger partial charge in [0.25, 0.3) is 0 Å². The second kappa shape index (κ2) is 10.1. The van der Waals surface area contributed by atoms with Crippen LogP contribution in [-0.2, 0) is 0 Å². The molecule has 10 aromatic rings. The molecule has 0 fully saturated rings. The van der Waals surface area contributed by atoms with E-state index >= 15 is 0 Å². The minimum Gasteiger partial charge on any atom is -0.454 e. The molecule has 0 radical (unpaired) electrons. The SMILES string of the molecule is c1ccc(-n2c3ccccc3c3ccc(-c4ccc(-c5ccc6c(c5)oc5c7ccccc7n(-c7ccccc7)c65)cc4)cc32)cc1.